The number of amides is 2. The molecule has 1 aromatic carbocycles. The summed E-state index contributed by atoms with van der Waals surface area (Å²) < 4.78 is 1.40. The highest BCUT2D eigenvalue weighted by atomic mass is 16.2. The molecule has 170 valence electrons. The first-order valence-corrected chi connectivity index (χ1v) is 11.1. The highest BCUT2D eigenvalue weighted by Crippen LogP contribution is 2.30. The van der Waals surface area contributed by atoms with Gasteiger partial charge in [-0.25, -0.2) is 9.97 Å². The molecular formula is C25H27N5O3. The number of aromatic nitrogens is 3. The number of piperidine rings is 1. The lowest BCUT2D eigenvalue weighted by Gasteiger charge is -2.35. The number of likely N-dealkylation sites (tertiary alicyclic amines) is 1. The number of pyridine rings is 1. The zero-order chi connectivity index (χ0) is 23.4. The summed E-state index contributed by atoms with van der Waals surface area (Å²) in [5.41, 5.74) is 2.29. The van der Waals surface area contributed by atoms with Crippen molar-refractivity contribution in [2.24, 2.45) is 7.05 Å². The summed E-state index contributed by atoms with van der Waals surface area (Å²) in [4.78, 5) is 48.4. The van der Waals surface area contributed by atoms with Crippen LogP contribution in [0, 0.1) is 6.92 Å². The molecule has 1 unspecified atom stereocenters. The van der Waals surface area contributed by atoms with E-state index in [4.69, 9.17) is 0 Å². The van der Waals surface area contributed by atoms with Crippen LogP contribution in [0.4, 0.5) is 0 Å². The summed E-state index contributed by atoms with van der Waals surface area (Å²) in [6, 6.07) is 12.4. The number of hydrogen-bond donors (Lipinski definition) is 1. The molecule has 4 rings (SSSR count). The third-order valence-corrected chi connectivity index (χ3v) is 5.93. The number of nitrogens with zero attached hydrogens (tertiary/aromatic N) is 4. The largest absolute Gasteiger partial charge is 0.348 e. The van der Waals surface area contributed by atoms with E-state index in [9.17, 15) is 14.4 Å². The molecule has 1 aliphatic heterocycles. The van der Waals surface area contributed by atoms with Crippen LogP contribution >= 0.6 is 0 Å². The molecule has 3 aromatic rings. The fourth-order valence-electron chi connectivity index (χ4n) is 4.07. The summed E-state index contributed by atoms with van der Waals surface area (Å²) in [6.45, 7) is 2.80. The Morgan fingerprint density at radius 1 is 1.12 bits per heavy atom. The van der Waals surface area contributed by atoms with Crippen LogP contribution in [-0.4, -0.2) is 37.8 Å². The molecule has 0 spiro atoms. The lowest BCUT2D eigenvalue weighted by Crippen LogP contribution is -2.40. The number of benzene rings is 1. The van der Waals surface area contributed by atoms with Crippen LogP contribution in [0.1, 0.15) is 63.1 Å². The number of hydrogen-bond acceptors (Lipinski definition) is 5. The summed E-state index contributed by atoms with van der Waals surface area (Å²) in [6.07, 6.45) is 5.71. The lowest BCUT2D eigenvalue weighted by molar-refractivity contribution is 0.0598. The molecule has 0 aliphatic carbocycles. The van der Waals surface area contributed by atoms with Gasteiger partial charge in [0.2, 0.25) is 5.56 Å². The van der Waals surface area contributed by atoms with Crippen molar-refractivity contribution in [1.29, 1.82) is 0 Å². The van der Waals surface area contributed by atoms with Gasteiger partial charge in [0.1, 0.15) is 0 Å². The third kappa shape index (κ3) is 5.00. The molecule has 0 saturated carbocycles. The second-order valence-corrected chi connectivity index (χ2v) is 8.27. The summed E-state index contributed by atoms with van der Waals surface area (Å²) in [5, 5.41) is 2.90. The predicted octanol–water partition coefficient (Wildman–Crippen LogP) is 2.78. The maximum absolute atomic E-state index is 13.2. The van der Waals surface area contributed by atoms with Gasteiger partial charge in [-0.15, -0.1) is 0 Å². The first-order chi connectivity index (χ1) is 15.9. The Bertz CT molecular complexity index is 1220. The van der Waals surface area contributed by atoms with E-state index in [1.807, 2.05) is 30.3 Å². The van der Waals surface area contributed by atoms with Crippen molar-refractivity contribution in [1.82, 2.24) is 24.8 Å². The number of nitrogens with one attached hydrogen (secondary N) is 1. The maximum Gasteiger partial charge on any atom is 0.255 e. The van der Waals surface area contributed by atoms with Gasteiger partial charge >= 0.3 is 0 Å². The van der Waals surface area contributed by atoms with Gasteiger partial charge in [0, 0.05) is 38.6 Å². The lowest BCUT2D eigenvalue weighted by atomic mass is 10.00. The van der Waals surface area contributed by atoms with Gasteiger partial charge in [-0.2, -0.15) is 0 Å². The summed E-state index contributed by atoms with van der Waals surface area (Å²) >= 11 is 0. The standard InChI is InChI=1S/C25H27N5O3/c1-17-20(24(32)27-14-18-8-4-3-5-9-18)15-26-23(28-17)21-10-6-7-13-30(21)25(33)19-11-12-22(31)29(2)16-19/h3-5,8-9,11-12,15-16,21H,6-7,10,13-14H2,1-2H3,(H,27,32). The SMILES string of the molecule is Cc1nc(C2CCCCN2C(=O)c2ccc(=O)n(C)c2)ncc1C(=O)NCc1ccccc1. The van der Waals surface area contributed by atoms with Crippen LogP contribution in [-0.2, 0) is 13.6 Å². The zero-order valence-electron chi connectivity index (χ0n) is 18.8. The number of aryl methyl sites for hydroxylation is 2. The Balaban J connectivity index is 1.52. The zero-order valence-corrected chi connectivity index (χ0v) is 18.8. The van der Waals surface area contributed by atoms with Crippen LogP contribution in [0.25, 0.3) is 0 Å². The second-order valence-electron chi connectivity index (χ2n) is 8.27. The fraction of sp³-hybridized carbons (Fsp3) is 0.320. The van der Waals surface area contributed by atoms with Gasteiger partial charge in [-0.05, 0) is 37.8 Å². The van der Waals surface area contributed by atoms with E-state index in [1.54, 1.807) is 37.3 Å². The van der Waals surface area contributed by atoms with Crippen molar-refractivity contribution in [2.75, 3.05) is 6.54 Å². The minimum Gasteiger partial charge on any atom is -0.348 e. The van der Waals surface area contributed by atoms with E-state index < -0.39 is 0 Å². The topological polar surface area (TPSA) is 97.2 Å². The molecule has 8 nitrogen and oxygen atoms in total. The van der Waals surface area contributed by atoms with E-state index in [0.717, 1.165) is 24.8 Å². The highest BCUT2D eigenvalue weighted by Gasteiger charge is 2.31. The Morgan fingerprint density at radius 2 is 1.91 bits per heavy atom. The van der Waals surface area contributed by atoms with Crippen LogP contribution in [0.2, 0.25) is 0 Å². The number of carbonyl (C=O) groups excluding carboxylic acids is 2. The molecule has 2 aromatic heterocycles. The molecule has 1 fully saturated rings. The van der Waals surface area contributed by atoms with Crippen LogP contribution in [0.3, 0.4) is 0 Å². The smallest absolute Gasteiger partial charge is 0.255 e. The van der Waals surface area contributed by atoms with Crippen molar-refractivity contribution in [3.8, 4) is 0 Å². The van der Waals surface area contributed by atoms with Crippen molar-refractivity contribution in [3.05, 3.63) is 93.4 Å². The Morgan fingerprint density at radius 3 is 2.64 bits per heavy atom. The van der Waals surface area contributed by atoms with Gasteiger partial charge in [-0.3, -0.25) is 14.4 Å². The first-order valence-electron chi connectivity index (χ1n) is 11.1. The minimum atomic E-state index is -0.274. The van der Waals surface area contributed by atoms with Crippen LogP contribution < -0.4 is 10.9 Å². The van der Waals surface area contributed by atoms with Crippen molar-refractivity contribution in [2.45, 2.75) is 38.8 Å². The van der Waals surface area contributed by atoms with Gasteiger partial charge in [0.25, 0.3) is 11.8 Å². The monoisotopic (exact) mass is 445 g/mol. The van der Waals surface area contributed by atoms with Gasteiger partial charge < -0.3 is 14.8 Å². The molecule has 3 heterocycles. The Kier molecular flexibility index (Phi) is 6.63. The first kappa shape index (κ1) is 22.4. The molecule has 1 aliphatic rings. The summed E-state index contributed by atoms with van der Waals surface area (Å²) in [7, 11) is 1.63. The minimum absolute atomic E-state index is 0.152. The molecule has 0 bridgehead atoms. The highest BCUT2D eigenvalue weighted by molar-refractivity contribution is 5.95. The van der Waals surface area contributed by atoms with Gasteiger partial charge in [-0.1, -0.05) is 30.3 Å². The summed E-state index contributed by atoms with van der Waals surface area (Å²) in [5.74, 6) is 0.149. The average molecular weight is 446 g/mol. The third-order valence-electron chi connectivity index (χ3n) is 5.93. The molecule has 33 heavy (non-hydrogen) atoms. The predicted molar refractivity (Wildman–Crippen MR) is 124 cm³/mol. The fourth-order valence-corrected chi connectivity index (χ4v) is 4.07. The molecular weight excluding hydrogens is 418 g/mol. The quantitative estimate of drug-likeness (QED) is 0.651. The Hall–Kier alpha value is -3.81. The molecule has 1 atom stereocenters. The molecule has 0 radical (unpaired) electrons. The molecule has 2 amide bonds. The molecule has 1 N–H and O–H groups in total. The van der Waals surface area contributed by atoms with Crippen molar-refractivity contribution >= 4 is 11.8 Å². The van der Waals surface area contributed by atoms with E-state index in [-0.39, 0.29) is 23.4 Å². The number of rotatable bonds is 5. The van der Waals surface area contributed by atoms with Crippen molar-refractivity contribution < 1.29 is 9.59 Å². The normalized spacial score (nSPS) is 15.8. The van der Waals surface area contributed by atoms with E-state index in [1.165, 1.54) is 10.6 Å². The Labute approximate surface area is 192 Å². The van der Waals surface area contributed by atoms with Crippen LogP contribution in [0.5, 0.6) is 0 Å². The van der Waals surface area contributed by atoms with Gasteiger partial charge in [0.05, 0.1) is 22.9 Å². The maximum atomic E-state index is 13.2. The molecule has 8 heteroatoms. The second kappa shape index (κ2) is 9.77. The molecule has 1 saturated heterocycles. The van der Waals surface area contributed by atoms with Crippen molar-refractivity contribution in [3.63, 3.8) is 0 Å². The van der Waals surface area contributed by atoms with E-state index >= 15 is 0 Å². The van der Waals surface area contributed by atoms with E-state index in [0.29, 0.717) is 35.7 Å². The van der Waals surface area contributed by atoms with Gasteiger partial charge in [0.15, 0.2) is 5.82 Å². The van der Waals surface area contributed by atoms with Crippen LogP contribution in [0.15, 0.2) is 59.7 Å². The van der Waals surface area contributed by atoms with E-state index in [2.05, 4.69) is 15.3 Å². The number of carbonyl (C=O) groups is 2. The average Bonchev–Trinajstić information content (AvgIpc) is 2.84.